The van der Waals surface area contributed by atoms with Crippen LogP contribution in [0.2, 0.25) is 0 Å². The predicted octanol–water partition coefficient (Wildman–Crippen LogP) is 5.25. The van der Waals surface area contributed by atoms with Gasteiger partial charge < -0.3 is 5.73 Å². The van der Waals surface area contributed by atoms with Crippen LogP contribution in [0, 0.1) is 11.6 Å². The second-order valence-electron chi connectivity index (χ2n) is 6.13. The Morgan fingerprint density at radius 3 is 2.52 bits per heavy atom. The molecule has 6 heteroatoms. The largest absolute Gasteiger partial charge is 0.397 e. The third kappa shape index (κ3) is 3.44. The number of rotatable bonds is 4. The molecular weight excluding hydrogens is 366 g/mol. The molecule has 2 N–H and O–H groups in total. The Morgan fingerprint density at radius 2 is 1.78 bits per heavy atom. The van der Waals surface area contributed by atoms with Crippen LogP contribution in [-0.4, -0.2) is 10.8 Å². The average molecular weight is 380 g/mol. The van der Waals surface area contributed by atoms with E-state index in [0.29, 0.717) is 32.0 Å². The number of fused-ring (bicyclic) bond motifs is 1. The van der Waals surface area contributed by atoms with Gasteiger partial charge in [0.05, 0.1) is 16.3 Å². The first-order valence-corrected chi connectivity index (χ1v) is 9.05. The van der Waals surface area contributed by atoms with Gasteiger partial charge in [0.2, 0.25) is 0 Å². The number of nitrogen functional groups attached to an aromatic ring is 1. The molecule has 0 aliphatic carbocycles. The first kappa shape index (κ1) is 17.3. The Labute approximate surface area is 158 Å². The number of hydrogen-bond donors (Lipinski definition) is 1. The van der Waals surface area contributed by atoms with Gasteiger partial charge >= 0.3 is 0 Å². The summed E-state index contributed by atoms with van der Waals surface area (Å²) in [4.78, 5) is 18.3. The van der Waals surface area contributed by atoms with Gasteiger partial charge in [0.25, 0.3) is 0 Å². The molecule has 2 aromatic heterocycles. The number of Topliss-reactive ketones (excluding diaryl/α,β-unsaturated/α-hetero) is 1. The first-order chi connectivity index (χ1) is 13.0. The van der Waals surface area contributed by atoms with Gasteiger partial charge in [-0.05, 0) is 54.1 Å². The number of anilines is 1. The van der Waals surface area contributed by atoms with E-state index in [1.165, 1.54) is 35.6 Å². The molecule has 4 rings (SSSR count). The maximum absolute atomic E-state index is 13.3. The van der Waals surface area contributed by atoms with Crippen LogP contribution >= 0.6 is 11.3 Å². The fourth-order valence-electron chi connectivity index (χ4n) is 2.90. The monoisotopic (exact) mass is 380 g/mol. The molecule has 0 fully saturated rings. The van der Waals surface area contributed by atoms with Gasteiger partial charge in [-0.15, -0.1) is 11.3 Å². The number of pyridine rings is 1. The van der Waals surface area contributed by atoms with Gasteiger partial charge in [-0.25, -0.2) is 13.8 Å². The third-order valence-corrected chi connectivity index (χ3v) is 5.40. The van der Waals surface area contributed by atoms with Crippen LogP contribution in [0.4, 0.5) is 14.5 Å². The number of hydrogen-bond acceptors (Lipinski definition) is 4. The number of halogens is 2. The molecule has 3 nitrogen and oxygen atoms in total. The zero-order valence-electron chi connectivity index (χ0n) is 14.1. The molecular formula is C21H14F2N2OS. The van der Waals surface area contributed by atoms with Crippen LogP contribution in [0.25, 0.3) is 21.5 Å². The van der Waals surface area contributed by atoms with Gasteiger partial charge in [-0.1, -0.05) is 12.1 Å². The number of carbonyl (C=O) groups is 1. The number of thiophene rings is 1. The summed E-state index contributed by atoms with van der Waals surface area (Å²) < 4.78 is 26.4. The zero-order valence-corrected chi connectivity index (χ0v) is 14.9. The van der Waals surface area contributed by atoms with Crippen molar-refractivity contribution in [2.75, 3.05) is 5.73 Å². The summed E-state index contributed by atoms with van der Waals surface area (Å²) in [5, 5.41) is 0.702. The molecule has 0 aliphatic heterocycles. The Bertz CT molecular complexity index is 1150. The number of benzene rings is 2. The van der Waals surface area contributed by atoms with Gasteiger partial charge in [0.1, 0.15) is 16.5 Å². The van der Waals surface area contributed by atoms with Gasteiger partial charge in [0.15, 0.2) is 5.78 Å². The van der Waals surface area contributed by atoms with Crippen LogP contribution in [0.3, 0.4) is 0 Å². The van der Waals surface area contributed by atoms with E-state index in [4.69, 9.17) is 5.73 Å². The molecule has 0 amide bonds. The lowest BCUT2D eigenvalue weighted by atomic mass is 10.1. The molecule has 2 heterocycles. The maximum atomic E-state index is 13.3. The number of nitrogens with two attached hydrogens (primary N) is 1. The van der Waals surface area contributed by atoms with Gasteiger partial charge in [0, 0.05) is 17.4 Å². The molecule has 0 saturated carbocycles. The normalized spacial score (nSPS) is 11.0. The van der Waals surface area contributed by atoms with Crippen LogP contribution in [0.15, 0.2) is 60.7 Å². The highest BCUT2D eigenvalue weighted by molar-refractivity contribution is 7.21. The Balaban J connectivity index is 1.68. The van der Waals surface area contributed by atoms with Crippen molar-refractivity contribution in [1.29, 1.82) is 0 Å². The zero-order chi connectivity index (χ0) is 19.0. The minimum absolute atomic E-state index is 0.0690. The van der Waals surface area contributed by atoms with Crippen LogP contribution in [0.1, 0.15) is 15.2 Å². The second kappa shape index (κ2) is 6.89. The summed E-state index contributed by atoms with van der Waals surface area (Å²) in [6, 6.07) is 15.6. The van der Waals surface area contributed by atoms with Crippen molar-refractivity contribution < 1.29 is 13.6 Å². The van der Waals surface area contributed by atoms with E-state index in [9.17, 15) is 13.6 Å². The van der Waals surface area contributed by atoms with Crippen molar-refractivity contribution in [3.8, 4) is 11.3 Å². The maximum Gasteiger partial charge on any atom is 0.179 e. The summed E-state index contributed by atoms with van der Waals surface area (Å²) in [5.74, 6) is -0.870. The highest BCUT2D eigenvalue weighted by Gasteiger charge is 2.18. The minimum Gasteiger partial charge on any atom is -0.397 e. The van der Waals surface area contributed by atoms with Crippen molar-refractivity contribution in [2.45, 2.75) is 6.42 Å². The summed E-state index contributed by atoms with van der Waals surface area (Å²) in [6.07, 6.45) is 0.0690. The quantitative estimate of drug-likeness (QED) is 0.492. The Morgan fingerprint density at radius 1 is 1.00 bits per heavy atom. The standard InChI is InChI=1S/C21H14F2N2OS/c22-14-6-4-13(5-7-14)17-9-8-16-19(24)20(27-21(16)25-17)18(26)11-12-2-1-3-15(23)10-12/h1-10H,11,24H2. The average Bonchev–Trinajstić information content (AvgIpc) is 2.99. The summed E-state index contributed by atoms with van der Waals surface area (Å²) in [5.41, 5.74) is 8.59. The van der Waals surface area contributed by atoms with E-state index >= 15 is 0 Å². The highest BCUT2D eigenvalue weighted by Crippen LogP contribution is 2.35. The number of nitrogens with zero attached hydrogens (tertiary/aromatic N) is 1. The Kier molecular flexibility index (Phi) is 4.41. The van der Waals surface area contributed by atoms with Crippen molar-refractivity contribution in [1.82, 2.24) is 4.98 Å². The molecule has 134 valence electrons. The van der Waals surface area contributed by atoms with Crippen molar-refractivity contribution in [3.63, 3.8) is 0 Å². The molecule has 0 spiro atoms. The van der Waals surface area contributed by atoms with E-state index in [0.717, 1.165) is 5.56 Å². The summed E-state index contributed by atoms with van der Waals surface area (Å²) in [6.45, 7) is 0. The van der Waals surface area contributed by atoms with Crippen LogP contribution in [-0.2, 0) is 6.42 Å². The minimum atomic E-state index is -0.379. The summed E-state index contributed by atoms with van der Waals surface area (Å²) in [7, 11) is 0. The highest BCUT2D eigenvalue weighted by atomic mass is 32.1. The topological polar surface area (TPSA) is 56.0 Å². The lowest BCUT2D eigenvalue weighted by Gasteiger charge is -2.01. The molecule has 0 bridgehead atoms. The van der Waals surface area contributed by atoms with Crippen LogP contribution < -0.4 is 5.73 Å². The molecule has 0 radical (unpaired) electrons. The second-order valence-corrected chi connectivity index (χ2v) is 7.13. The van der Waals surface area contributed by atoms with Crippen molar-refractivity contribution >= 4 is 33.0 Å². The van der Waals surface area contributed by atoms with Crippen molar-refractivity contribution in [2.24, 2.45) is 0 Å². The van der Waals surface area contributed by atoms with Gasteiger partial charge in [-0.2, -0.15) is 0 Å². The lowest BCUT2D eigenvalue weighted by molar-refractivity contribution is 0.0997. The predicted molar refractivity (Wildman–Crippen MR) is 104 cm³/mol. The third-order valence-electron chi connectivity index (χ3n) is 4.24. The van der Waals surface area contributed by atoms with Crippen molar-refractivity contribution in [3.05, 3.63) is 82.7 Å². The molecule has 27 heavy (non-hydrogen) atoms. The van der Waals surface area contributed by atoms with Gasteiger partial charge in [-0.3, -0.25) is 4.79 Å². The SMILES string of the molecule is Nc1c(C(=O)Cc2cccc(F)c2)sc2nc(-c3ccc(F)cc3)ccc12. The smallest absolute Gasteiger partial charge is 0.179 e. The molecule has 0 unspecified atom stereocenters. The van der Waals surface area contributed by atoms with E-state index in [-0.39, 0.29) is 23.8 Å². The van der Waals surface area contributed by atoms with E-state index in [2.05, 4.69) is 4.98 Å². The lowest BCUT2D eigenvalue weighted by Crippen LogP contribution is -2.04. The molecule has 4 aromatic rings. The van der Waals surface area contributed by atoms with E-state index in [1.54, 1.807) is 30.3 Å². The fourth-order valence-corrected chi connectivity index (χ4v) is 3.93. The molecule has 0 atom stereocenters. The fraction of sp³-hybridized carbons (Fsp3) is 0.0476. The molecule has 0 aliphatic rings. The first-order valence-electron chi connectivity index (χ1n) is 8.24. The number of ketones is 1. The Hall–Kier alpha value is -3.12. The number of carbonyl (C=O) groups excluding carboxylic acids is 1. The molecule has 0 saturated heterocycles. The van der Waals surface area contributed by atoms with E-state index in [1.807, 2.05) is 6.07 Å². The molecule has 2 aromatic carbocycles. The number of aromatic nitrogens is 1. The van der Waals surface area contributed by atoms with Crippen LogP contribution in [0.5, 0.6) is 0 Å². The van der Waals surface area contributed by atoms with E-state index < -0.39 is 0 Å². The summed E-state index contributed by atoms with van der Waals surface area (Å²) >= 11 is 1.21.